The van der Waals surface area contributed by atoms with Crippen LogP contribution in [0.5, 0.6) is 5.75 Å². The van der Waals surface area contributed by atoms with Gasteiger partial charge < -0.3 is 9.64 Å². The molecule has 4 aromatic rings. The quantitative estimate of drug-likeness (QED) is 0.0931. The molecule has 0 N–H and O–H groups in total. The Hall–Kier alpha value is -5.64. The lowest BCUT2D eigenvalue weighted by atomic mass is 9.55. The summed E-state index contributed by atoms with van der Waals surface area (Å²) in [4.78, 5) is 67.8. The van der Waals surface area contributed by atoms with E-state index in [4.69, 9.17) is 4.74 Å². The van der Waals surface area contributed by atoms with E-state index in [9.17, 15) is 29.3 Å². The van der Waals surface area contributed by atoms with Crippen LogP contribution in [-0.4, -0.2) is 35.2 Å². The number of rotatable bonds is 5. The molecule has 0 unspecified atom stereocenters. The number of nitro groups is 1. The van der Waals surface area contributed by atoms with Crippen LogP contribution in [-0.2, 0) is 19.2 Å². The molecule has 234 valence electrons. The predicted octanol–water partition coefficient (Wildman–Crippen LogP) is 5.57. The van der Waals surface area contributed by atoms with Crippen molar-refractivity contribution in [2.45, 2.75) is 32.1 Å². The van der Waals surface area contributed by atoms with Crippen molar-refractivity contribution in [3.05, 3.63) is 128 Å². The number of carbonyl (C=O) groups excluding carboxylic acids is 4. The summed E-state index contributed by atoms with van der Waals surface area (Å²) in [5.41, 5.74) is 6.16. The van der Waals surface area contributed by atoms with Crippen LogP contribution in [0.1, 0.15) is 51.6 Å². The molecule has 10 heteroatoms. The maximum atomic E-state index is 14.2. The lowest BCUT2D eigenvalue weighted by molar-refractivity contribution is -0.385. The van der Waals surface area contributed by atoms with E-state index >= 15 is 0 Å². The van der Waals surface area contributed by atoms with Crippen molar-refractivity contribution in [3.63, 3.8) is 0 Å². The third kappa shape index (κ3) is 4.24. The number of benzene rings is 4. The third-order valence-corrected chi connectivity index (χ3v) is 10.2. The number of esters is 1. The molecule has 4 aromatic carbocycles. The molecule has 2 heterocycles. The Bertz CT molecular complexity index is 1960. The minimum Gasteiger partial charge on any atom is -0.426 e. The maximum Gasteiger partial charge on any atom is 0.316 e. The summed E-state index contributed by atoms with van der Waals surface area (Å²) in [5, 5.41) is 11.4. The number of ether oxygens (including phenoxy) is 1. The van der Waals surface area contributed by atoms with Crippen molar-refractivity contribution in [2.24, 2.45) is 17.8 Å². The van der Waals surface area contributed by atoms with Gasteiger partial charge in [-0.15, -0.1) is 0 Å². The fraction of sp³-hybridized carbons (Fsp3) is 0.243. The van der Waals surface area contributed by atoms with Crippen molar-refractivity contribution in [2.75, 3.05) is 16.3 Å². The largest absolute Gasteiger partial charge is 0.426 e. The fourth-order valence-electron chi connectivity index (χ4n) is 8.13. The minimum absolute atomic E-state index is 0.0294. The maximum absolute atomic E-state index is 14.2. The second kappa shape index (κ2) is 10.4. The fourth-order valence-corrected chi connectivity index (χ4v) is 8.13. The van der Waals surface area contributed by atoms with E-state index in [1.807, 2.05) is 24.3 Å². The molecule has 2 aliphatic heterocycles. The summed E-state index contributed by atoms with van der Waals surface area (Å²) in [6.45, 7) is 3.41. The van der Waals surface area contributed by atoms with Crippen molar-refractivity contribution in [3.8, 4) is 5.75 Å². The van der Waals surface area contributed by atoms with E-state index in [-0.39, 0.29) is 54.0 Å². The lowest BCUT2D eigenvalue weighted by Gasteiger charge is -2.45. The van der Waals surface area contributed by atoms with Gasteiger partial charge in [0.15, 0.2) is 0 Å². The van der Waals surface area contributed by atoms with Gasteiger partial charge in [-0.25, -0.2) is 4.90 Å². The Morgan fingerprint density at radius 1 is 0.787 bits per heavy atom. The van der Waals surface area contributed by atoms with Gasteiger partial charge in [0.05, 0.1) is 34.1 Å². The summed E-state index contributed by atoms with van der Waals surface area (Å²) < 4.78 is 5.67. The first-order valence-electron chi connectivity index (χ1n) is 15.6. The molecule has 0 saturated carbocycles. The van der Waals surface area contributed by atoms with E-state index in [2.05, 4.69) is 24.3 Å². The zero-order valence-electron chi connectivity index (χ0n) is 25.6. The predicted molar refractivity (Wildman–Crippen MR) is 171 cm³/mol. The highest BCUT2D eigenvalue weighted by atomic mass is 16.6. The van der Waals surface area contributed by atoms with Crippen molar-refractivity contribution >= 4 is 40.8 Å². The van der Waals surface area contributed by atoms with Crippen molar-refractivity contribution < 1.29 is 28.8 Å². The van der Waals surface area contributed by atoms with E-state index < -0.39 is 28.6 Å². The van der Waals surface area contributed by atoms with Crippen molar-refractivity contribution in [1.29, 1.82) is 0 Å². The minimum atomic E-state index is -0.772. The number of aryl methyl sites for hydroxylation is 2. The Morgan fingerprint density at radius 2 is 1.36 bits per heavy atom. The Morgan fingerprint density at radius 3 is 1.89 bits per heavy atom. The van der Waals surface area contributed by atoms with E-state index in [1.165, 1.54) is 15.9 Å². The number of nitro benzene ring substituents is 1. The first-order valence-corrected chi connectivity index (χ1v) is 15.6. The SMILES string of the molecule is Cc1cc(OC(=O)[C@@H]2CC(=O)N(c3ccc(C)c([N+](=O)[O-])c3)C2)ccc1N1C(=O)[C@@H]2C3c4ccccc4C(c4ccccc43)[C@H]2C1=O. The molecule has 0 radical (unpaired) electrons. The summed E-state index contributed by atoms with van der Waals surface area (Å²) >= 11 is 0. The van der Waals surface area contributed by atoms with Crippen LogP contribution >= 0.6 is 0 Å². The number of nitrogens with zero attached hydrogens (tertiary/aromatic N) is 3. The van der Waals surface area contributed by atoms with Crippen LogP contribution in [0.4, 0.5) is 17.1 Å². The zero-order chi connectivity index (χ0) is 32.7. The summed E-state index contributed by atoms with van der Waals surface area (Å²) in [5.74, 6) is -3.38. The molecule has 2 bridgehead atoms. The second-order valence-electron chi connectivity index (χ2n) is 12.8. The molecule has 10 nitrogen and oxygen atoms in total. The summed E-state index contributed by atoms with van der Waals surface area (Å²) in [6.07, 6.45) is -0.0930. The van der Waals surface area contributed by atoms with Gasteiger partial charge in [0.25, 0.3) is 5.69 Å². The average molecular weight is 628 g/mol. The van der Waals surface area contributed by atoms with E-state index in [0.29, 0.717) is 22.5 Å². The molecule has 0 spiro atoms. The number of amides is 3. The zero-order valence-corrected chi connectivity index (χ0v) is 25.6. The first-order chi connectivity index (χ1) is 22.6. The van der Waals surface area contributed by atoms with Crippen molar-refractivity contribution in [1.82, 2.24) is 0 Å². The Labute approximate surface area is 269 Å². The van der Waals surface area contributed by atoms with Gasteiger partial charge in [-0.3, -0.25) is 29.3 Å². The Balaban J connectivity index is 1.03. The van der Waals surface area contributed by atoms with Gasteiger partial charge in [-0.1, -0.05) is 54.6 Å². The molecular weight excluding hydrogens is 598 g/mol. The number of hydrogen-bond acceptors (Lipinski definition) is 7. The molecular formula is C37H29N3O7. The van der Waals surface area contributed by atoms with Gasteiger partial charge >= 0.3 is 5.97 Å². The summed E-state index contributed by atoms with van der Waals surface area (Å²) in [7, 11) is 0. The first kappa shape index (κ1) is 28.8. The molecule has 3 amide bonds. The average Bonchev–Trinajstić information content (AvgIpc) is 3.58. The number of hydrogen-bond donors (Lipinski definition) is 0. The lowest BCUT2D eigenvalue weighted by Crippen LogP contribution is -2.41. The molecule has 2 fully saturated rings. The number of imide groups is 1. The van der Waals surface area contributed by atoms with Crippen LogP contribution in [0.15, 0.2) is 84.9 Å². The topological polar surface area (TPSA) is 127 Å². The monoisotopic (exact) mass is 627 g/mol. The van der Waals surface area contributed by atoms with Crippen LogP contribution in [0.2, 0.25) is 0 Å². The van der Waals surface area contributed by atoms with Gasteiger partial charge in [0.2, 0.25) is 17.7 Å². The molecule has 3 aliphatic carbocycles. The number of carbonyl (C=O) groups is 4. The van der Waals surface area contributed by atoms with Gasteiger partial charge in [-0.05, 0) is 65.9 Å². The highest BCUT2D eigenvalue weighted by Crippen LogP contribution is 2.61. The molecule has 5 aliphatic rings. The molecule has 3 atom stereocenters. The standard InChI is InChI=1S/C37H29N3O7/c1-19-11-12-22(17-29(19)40(45)46)38-18-21(16-30(38)41)37(44)47-23-13-14-28(20(2)15-23)39-35(42)33-31-24-7-3-4-8-25(24)32(34(33)36(39)43)27-10-6-5-9-26(27)31/h3-15,17,21,31-34H,16,18H2,1-2H3/t21-,31?,32?,33-,34-/m1/s1. The molecule has 47 heavy (non-hydrogen) atoms. The highest BCUT2D eigenvalue weighted by Gasteiger charge is 2.61. The van der Waals surface area contributed by atoms with Gasteiger partial charge in [-0.2, -0.15) is 0 Å². The smallest absolute Gasteiger partial charge is 0.316 e. The van der Waals surface area contributed by atoms with Crippen LogP contribution in [0, 0.1) is 41.7 Å². The van der Waals surface area contributed by atoms with Gasteiger partial charge in [0.1, 0.15) is 5.75 Å². The van der Waals surface area contributed by atoms with E-state index in [1.54, 1.807) is 44.2 Å². The number of anilines is 2. The normalized spacial score (nSPS) is 23.9. The van der Waals surface area contributed by atoms with Crippen LogP contribution in [0.3, 0.4) is 0 Å². The summed E-state index contributed by atoms with van der Waals surface area (Å²) in [6, 6.07) is 25.5. The van der Waals surface area contributed by atoms with Crippen LogP contribution in [0.25, 0.3) is 0 Å². The molecule has 9 rings (SSSR count). The van der Waals surface area contributed by atoms with E-state index in [0.717, 1.165) is 22.3 Å². The van der Waals surface area contributed by atoms with Crippen LogP contribution < -0.4 is 14.5 Å². The third-order valence-electron chi connectivity index (χ3n) is 10.2. The van der Waals surface area contributed by atoms with Gasteiger partial charge in [0, 0.05) is 36.4 Å². The molecule has 2 saturated heterocycles. The highest BCUT2D eigenvalue weighted by molar-refractivity contribution is 6.23. The molecule has 0 aromatic heterocycles. The Kier molecular flexibility index (Phi) is 6.40. The second-order valence-corrected chi connectivity index (χ2v) is 12.8.